The van der Waals surface area contributed by atoms with Gasteiger partial charge in [0.2, 0.25) is 0 Å². The number of rotatable bonds is 6. The van der Waals surface area contributed by atoms with Gasteiger partial charge in [0.15, 0.2) is 0 Å². The van der Waals surface area contributed by atoms with Gasteiger partial charge in [0.25, 0.3) is 0 Å². The number of aromatic nitrogens is 1. The molecule has 1 aliphatic rings. The van der Waals surface area contributed by atoms with E-state index in [4.69, 9.17) is 11.6 Å². The molecule has 1 saturated heterocycles. The van der Waals surface area contributed by atoms with Crippen molar-refractivity contribution in [2.75, 3.05) is 26.2 Å². The number of piperazine rings is 1. The lowest BCUT2D eigenvalue weighted by Crippen LogP contribution is -2.50. The fourth-order valence-electron chi connectivity index (χ4n) is 4.98. The van der Waals surface area contributed by atoms with Gasteiger partial charge in [-0.05, 0) is 41.5 Å². The Balaban J connectivity index is 1.40. The molecular weight excluding hydrogens is 453 g/mol. The molecule has 3 aromatic carbocycles. The van der Waals surface area contributed by atoms with E-state index in [0.717, 1.165) is 10.9 Å². The number of nitrogens with one attached hydrogen (secondary N) is 1. The van der Waals surface area contributed by atoms with E-state index >= 15 is 0 Å². The molecule has 1 aromatic heterocycles. The molecule has 1 fully saturated rings. The molecule has 0 bridgehead atoms. The van der Waals surface area contributed by atoms with Gasteiger partial charge in [0.05, 0.1) is 6.04 Å². The lowest BCUT2D eigenvalue weighted by Gasteiger charge is -2.41. The van der Waals surface area contributed by atoms with Crippen LogP contribution in [0.5, 0.6) is 0 Å². The van der Waals surface area contributed by atoms with Crippen LogP contribution in [0, 0.1) is 5.82 Å². The lowest BCUT2D eigenvalue weighted by molar-refractivity contribution is -0.144. The Morgan fingerprint density at radius 2 is 1.56 bits per heavy atom. The number of nitrogens with zero attached hydrogens (tertiary/aromatic N) is 2. The van der Waals surface area contributed by atoms with Crippen LogP contribution in [0.3, 0.4) is 0 Å². The average Bonchev–Trinajstić information content (AvgIpc) is 3.24. The molecule has 0 amide bonds. The number of fused-ring (bicyclic) bond motifs is 1. The van der Waals surface area contributed by atoms with Crippen LogP contribution < -0.4 is 0 Å². The Bertz CT molecular complexity index is 1280. The van der Waals surface area contributed by atoms with Gasteiger partial charge in [-0.25, -0.2) is 4.39 Å². The molecule has 174 valence electrons. The quantitative estimate of drug-likeness (QED) is 0.385. The number of aromatic amines is 1. The van der Waals surface area contributed by atoms with E-state index in [1.54, 1.807) is 12.3 Å². The molecular formula is C27H25ClFN3O2. The SMILES string of the molecule is O=C(O)[C@H](c1c[nH]c2cc(F)ccc12)N1CCN([C@@H](c2ccccc2)c2ccc(Cl)cc2)CC1. The molecule has 2 atom stereocenters. The third-order valence-corrected chi connectivity index (χ3v) is 6.84. The van der Waals surface area contributed by atoms with Crippen LogP contribution in [0.25, 0.3) is 10.9 Å². The Morgan fingerprint density at radius 1 is 0.912 bits per heavy atom. The number of carboxylic acids is 1. The van der Waals surface area contributed by atoms with Gasteiger partial charge in [-0.1, -0.05) is 54.1 Å². The van der Waals surface area contributed by atoms with Gasteiger partial charge in [-0.15, -0.1) is 0 Å². The van der Waals surface area contributed by atoms with Crippen molar-refractivity contribution in [1.82, 2.24) is 14.8 Å². The molecule has 0 aliphatic carbocycles. The Hall–Kier alpha value is -3.19. The highest BCUT2D eigenvalue weighted by Crippen LogP contribution is 2.34. The first-order valence-electron chi connectivity index (χ1n) is 11.3. The molecule has 4 aromatic rings. The molecule has 34 heavy (non-hydrogen) atoms. The maximum atomic E-state index is 13.6. The molecule has 0 unspecified atom stereocenters. The average molecular weight is 478 g/mol. The highest BCUT2D eigenvalue weighted by atomic mass is 35.5. The van der Waals surface area contributed by atoms with Crippen molar-refractivity contribution in [3.8, 4) is 0 Å². The predicted molar refractivity (Wildman–Crippen MR) is 132 cm³/mol. The van der Waals surface area contributed by atoms with E-state index in [1.807, 2.05) is 35.2 Å². The van der Waals surface area contributed by atoms with E-state index in [2.05, 4.69) is 34.1 Å². The molecule has 2 N–H and O–H groups in total. The largest absolute Gasteiger partial charge is 0.480 e. The van der Waals surface area contributed by atoms with Crippen molar-refractivity contribution in [2.45, 2.75) is 12.1 Å². The molecule has 1 aliphatic heterocycles. The molecule has 2 heterocycles. The molecule has 5 nitrogen and oxygen atoms in total. The summed E-state index contributed by atoms with van der Waals surface area (Å²) in [6, 6.07) is 21.9. The van der Waals surface area contributed by atoms with Gasteiger partial charge in [-0.2, -0.15) is 0 Å². The van der Waals surface area contributed by atoms with Crippen molar-refractivity contribution in [3.05, 3.63) is 107 Å². The first-order valence-corrected chi connectivity index (χ1v) is 11.7. The molecule has 0 radical (unpaired) electrons. The minimum Gasteiger partial charge on any atom is -0.480 e. The minimum absolute atomic E-state index is 0.0555. The Labute approximate surface area is 202 Å². The smallest absolute Gasteiger partial charge is 0.325 e. The molecule has 7 heteroatoms. The third kappa shape index (κ3) is 4.44. The predicted octanol–water partition coefficient (Wildman–Crippen LogP) is 5.49. The summed E-state index contributed by atoms with van der Waals surface area (Å²) in [5, 5.41) is 11.5. The minimum atomic E-state index is -0.906. The summed E-state index contributed by atoms with van der Waals surface area (Å²) in [6.07, 6.45) is 1.69. The van der Waals surface area contributed by atoms with Crippen LogP contribution in [0.15, 0.2) is 79.0 Å². The van der Waals surface area contributed by atoms with Crippen LogP contribution in [0.1, 0.15) is 28.8 Å². The first-order chi connectivity index (χ1) is 16.5. The summed E-state index contributed by atoms with van der Waals surface area (Å²) in [6.45, 7) is 2.62. The van der Waals surface area contributed by atoms with E-state index in [-0.39, 0.29) is 11.9 Å². The zero-order chi connectivity index (χ0) is 23.7. The number of aliphatic carboxylic acids is 1. The maximum absolute atomic E-state index is 13.6. The summed E-state index contributed by atoms with van der Waals surface area (Å²) in [4.78, 5) is 19.8. The summed E-state index contributed by atoms with van der Waals surface area (Å²) in [7, 11) is 0. The topological polar surface area (TPSA) is 59.6 Å². The van der Waals surface area contributed by atoms with Gasteiger partial charge in [0, 0.05) is 53.9 Å². The second kappa shape index (κ2) is 9.58. The van der Waals surface area contributed by atoms with Crippen LogP contribution in [0.4, 0.5) is 4.39 Å². The number of benzene rings is 3. The van der Waals surface area contributed by atoms with Gasteiger partial charge in [-0.3, -0.25) is 14.6 Å². The van der Waals surface area contributed by atoms with E-state index in [0.29, 0.717) is 42.3 Å². The fourth-order valence-corrected chi connectivity index (χ4v) is 5.11. The highest BCUT2D eigenvalue weighted by molar-refractivity contribution is 6.30. The number of H-pyrrole nitrogens is 1. The number of hydrogen-bond acceptors (Lipinski definition) is 3. The van der Waals surface area contributed by atoms with E-state index < -0.39 is 12.0 Å². The van der Waals surface area contributed by atoms with Gasteiger partial charge < -0.3 is 10.1 Å². The standard InChI is InChI=1S/C27H25ClFN3O2/c28-20-8-6-19(7-9-20)25(18-4-2-1-3-5-18)31-12-14-32(15-13-31)26(27(33)34)23-17-30-24-16-21(29)10-11-22(23)24/h1-11,16-17,25-26,30H,12-15H2,(H,33,34)/t25-,26-/m0/s1. The number of carboxylic acid groups (broad SMARTS) is 1. The molecule has 0 saturated carbocycles. The Morgan fingerprint density at radius 3 is 2.24 bits per heavy atom. The monoisotopic (exact) mass is 477 g/mol. The molecule has 5 rings (SSSR count). The number of halogens is 2. The lowest BCUT2D eigenvalue weighted by atomic mass is 9.96. The van der Waals surface area contributed by atoms with Crippen molar-refractivity contribution >= 4 is 28.5 Å². The first kappa shape index (κ1) is 22.6. The normalized spacial score (nSPS) is 17.0. The summed E-state index contributed by atoms with van der Waals surface area (Å²) >= 11 is 6.13. The van der Waals surface area contributed by atoms with Crippen molar-refractivity contribution in [2.24, 2.45) is 0 Å². The summed E-state index contributed by atoms with van der Waals surface area (Å²) in [5.74, 6) is -1.26. The van der Waals surface area contributed by atoms with Crippen molar-refractivity contribution in [1.29, 1.82) is 0 Å². The van der Waals surface area contributed by atoms with Crippen LogP contribution in [0.2, 0.25) is 5.02 Å². The highest BCUT2D eigenvalue weighted by Gasteiger charge is 2.34. The van der Waals surface area contributed by atoms with Crippen LogP contribution in [-0.4, -0.2) is 52.0 Å². The molecule has 0 spiro atoms. The van der Waals surface area contributed by atoms with E-state index in [9.17, 15) is 14.3 Å². The van der Waals surface area contributed by atoms with Gasteiger partial charge in [0.1, 0.15) is 11.9 Å². The van der Waals surface area contributed by atoms with Gasteiger partial charge >= 0.3 is 5.97 Å². The van der Waals surface area contributed by atoms with Crippen molar-refractivity contribution < 1.29 is 14.3 Å². The van der Waals surface area contributed by atoms with Crippen molar-refractivity contribution in [3.63, 3.8) is 0 Å². The number of carbonyl (C=O) groups is 1. The summed E-state index contributed by atoms with van der Waals surface area (Å²) in [5.41, 5.74) is 3.60. The number of hydrogen-bond donors (Lipinski definition) is 2. The second-order valence-electron chi connectivity index (χ2n) is 8.61. The van der Waals surface area contributed by atoms with E-state index in [1.165, 1.54) is 17.7 Å². The van der Waals surface area contributed by atoms with Crippen LogP contribution in [-0.2, 0) is 4.79 Å². The van der Waals surface area contributed by atoms with Crippen LogP contribution >= 0.6 is 11.6 Å². The third-order valence-electron chi connectivity index (χ3n) is 6.58. The second-order valence-corrected chi connectivity index (χ2v) is 9.05. The zero-order valence-electron chi connectivity index (χ0n) is 18.5. The fraction of sp³-hybridized carbons (Fsp3) is 0.222. The Kier molecular flexibility index (Phi) is 6.37. The maximum Gasteiger partial charge on any atom is 0.325 e. The summed E-state index contributed by atoms with van der Waals surface area (Å²) < 4.78 is 13.6. The zero-order valence-corrected chi connectivity index (χ0v) is 19.3.